The lowest BCUT2D eigenvalue weighted by atomic mass is 9.86. The molecule has 15 heavy (non-hydrogen) atoms. The molecule has 80 valence electrons. The van der Waals surface area contributed by atoms with E-state index in [1.54, 1.807) is 29.2 Å². The van der Waals surface area contributed by atoms with Crippen LogP contribution in [-0.4, -0.2) is 29.0 Å². The van der Waals surface area contributed by atoms with Crippen LogP contribution in [0.3, 0.4) is 0 Å². The lowest BCUT2D eigenvalue weighted by molar-refractivity contribution is -0.154. The maximum atomic E-state index is 11.0. The zero-order valence-corrected chi connectivity index (χ0v) is 9.16. The summed E-state index contributed by atoms with van der Waals surface area (Å²) in [5, 5.41) is 10.8. The van der Waals surface area contributed by atoms with Crippen molar-refractivity contribution in [3.8, 4) is 0 Å². The second kappa shape index (κ2) is 3.51. The Morgan fingerprint density at radius 3 is 2.40 bits per heavy atom. The molecule has 1 fully saturated rings. The first kappa shape index (κ1) is 10.5. The van der Waals surface area contributed by atoms with Crippen LogP contribution in [0.4, 0.5) is 0 Å². The first-order chi connectivity index (χ1) is 7.01. The Bertz CT molecular complexity index is 382. The summed E-state index contributed by atoms with van der Waals surface area (Å²) in [5.74, 6) is -0.00589. The molecule has 2 rings (SSSR count). The monoisotopic (exact) mass is 225 g/mol. The van der Waals surface area contributed by atoms with E-state index in [-0.39, 0.29) is 5.91 Å². The highest BCUT2D eigenvalue weighted by atomic mass is 35.5. The van der Waals surface area contributed by atoms with Gasteiger partial charge in [-0.3, -0.25) is 4.79 Å². The zero-order valence-electron chi connectivity index (χ0n) is 8.40. The molecule has 3 nitrogen and oxygen atoms in total. The lowest BCUT2D eigenvalue weighted by Crippen LogP contribution is -2.60. The molecule has 1 aliphatic heterocycles. The van der Waals surface area contributed by atoms with Gasteiger partial charge in [0, 0.05) is 11.9 Å². The van der Waals surface area contributed by atoms with Gasteiger partial charge in [-0.05, 0) is 17.7 Å². The van der Waals surface area contributed by atoms with Crippen molar-refractivity contribution in [1.82, 2.24) is 4.90 Å². The maximum absolute atomic E-state index is 11.0. The van der Waals surface area contributed by atoms with Gasteiger partial charge in [0.05, 0.1) is 13.1 Å². The zero-order chi connectivity index (χ0) is 11.1. The molecule has 0 spiro atoms. The molecular weight excluding hydrogens is 214 g/mol. The third-order valence-corrected chi connectivity index (χ3v) is 2.98. The standard InChI is InChI=1S/C11H12ClNO2/c1-8(14)13-6-11(15,7-13)9-2-4-10(12)5-3-9/h2-5,15H,6-7H2,1H3. The van der Waals surface area contributed by atoms with Crippen LogP contribution in [0, 0.1) is 0 Å². The normalized spacial score (nSPS) is 18.5. The number of nitrogens with zero attached hydrogens (tertiary/aromatic N) is 1. The largest absolute Gasteiger partial charge is 0.381 e. The van der Waals surface area contributed by atoms with Gasteiger partial charge >= 0.3 is 0 Å². The summed E-state index contributed by atoms with van der Waals surface area (Å²) in [6.07, 6.45) is 0. The molecule has 0 saturated carbocycles. The third-order valence-electron chi connectivity index (χ3n) is 2.73. The fourth-order valence-corrected chi connectivity index (χ4v) is 1.88. The number of carbonyl (C=O) groups excluding carboxylic acids is 1. The van der Waals surface area contributed by atoms with Crippen LogP contribution < -0.4 is 0 Å². The van der Waals surface area contributed by atoms with Crippen molar-refractivity contribution in [1.29, 1.82) is 0 Å². The SMILES string of the molecule is CC(=O)N1CC(O)(c2ccc(Cl)cc2)C1. The number of rotatable bonds is 1. The van der Waals surface area contributed by atoms with E-state index in [0.717, 1.165) is 5.56 Å². The summed E-state index contributed by atoms with van der Waals surface area (Å²) in [4.78, 5) is 12.6. The van der Waals surface area contributed by atoms with Crippen LogP contribution in [0.2, 0.25) is 5.02 Å². The van der Waals surface area contributed by atoms with Crippen molar-refractivity contribution in [3.05, 3.63) is 34.9 Å². The summed E-state index contributed by atoms with van der Waals surface area (Å²) in [7, 11) is 0. The number of carbonyl (C=O) groups is 1. The average Bonchev–Trinajstić information content (AvgIpc) is 2.13. The molecule has 0 radical (unpaired) electrons. The lowest BCUT2D eigenvalue weighted by Gasteiger charge is -2.46. The van der Waals surface area contributed by atoms with E-state index in [4.69, 9.17) is 11.6 Å². The number of benzene rings is 1. The van der Waals surface area contributed by atoms with Crippen molar-refractivity contribution in [3.63, 3.8) is 0 Å². The Morgan fingerprint density at radius 2 is 1.93 bits per heavy atom. The predicted molar refractivity (Wildman–Crippen MR) is 57.6 cm³/mol. The minimum atomic E-state index is -0.893. The molecule has 0 bridgehead atoms. The molecule has 1 amide bonds. The molecule has 0 aromatic heterocycles. The van der Waals surface area contributed by atoms with E-state index in [2.05, 4.69) is 0 Å². The Balaban J connectivity index is 2.13. The second-order valence-corrected chi connectivity index (χ2v) is 4.35. The first-order valence-corrected chi connectivity index (χ1v) is 5.13. The third kappa shape index (κ3) is 1.85. The van der Waals surface area contributed by atoms with Crippen LogP contribution in [0.15, 0.2) is 24.3 Å². The minimum absolute atomic E-state index is 0.00589. The van der Waals surface area contributed by atoms with Gasteiger partial charge in [-0.2, -0.15) is 0 Å². The first-order valence-electron chi connectivity index (χ1n) is 4.75. The Labute approximate surface area is 93.3 Å². The molecule has 1 heterocycles. The fraction of sp³-hybridized carbons (Fsp3) is 0.364. The summed E-state index contributed by atoms with van der Waals surface area (Å²) < 4.78 is 0. The Kier molecular flexibility index (Phi) is 2.44. The van der Waals surface area contributed by atoms with E-state index in [0.29, 0.717) is 18.1 Å². The topological polar surface area (TPSA) is 40.5 Å². The van der Waals surface area contributed by atoms with E-state index in [9.17, 15) is 9.90 Å². The second-order valence-electron chi connectivity index (χ2n) is 3.91. The van der Waals surface area contributed by atoms with Gasteiger partial charge in [0.25, 0.3) is 0 Å². The number of aliphatic hydroxyl groups is 1. The van der Waals surface area contributed by atoms with Gasteiger partial charge in [0.1, 0.15) is 5.60 Å². The van der Waals surface area contributed by atoms with Crippen molar-refractivity contribution in [2.75, 3.05) is 13.1 Å². The predicted octanol–water partition coefficient (Wildman–Crippen LogP) is 1.39. The van der Waals surface area contributed by atoms with Crippen LogP contribution >= 0.6 is 11.6 Å². The highest BCUT2D eigenvalue weighted by Crippen LogP contribution is 2.32. The maximum Gasteiger partial charge on any atom is 0.219 e. The van der Waals surface area contributed by atoms with Crippen molar-refractivity contribution in [2.24, 2.45) is 0 Å². The van der Waals surface area contributed by atoms with Crippen LogP contribution in [0.25, 0.3) is 0 Å². The summed E-state index contributed by atoms with van der Waals surface area (Å²) in [5.41, 5.74) is -0.0830. The number of likely N-dealkylation sites (tertiary alicyclic amines) is 1. The molecule has 1 aromatic rings. The number of hydrogen-bond acceptors (Lipinski definition) is 2. The van der Waals surface area contributed by atoms with Crippen LogP contribution in [-0.2, 0) is 10.4 Å². The molecule has 0 aliphatic carbocycles. The summed E-state index contributed by atoms with van der Waals surface area (Å²) in [6.45, 7) is 2.23. The molecule has 0 atom stereocenters. The van der Waals surface area contributed by atoms with E-state index < -0.39 is 5.60 Å². The highest BCUT2D eigenvalue weighted by Gasteiger charge is 2.43. The minimum Gasteiger partial charge on any atom is -0.381 e. The van der Waals surface area contributed by atoms with Gasteiger partial charge in [0.2, 0.25) is 5.91 Å². The molecule has 1 saturated heterocycles. The van der Waals surface area contributed by atoms with E-state index in [1.807, 2.05) is 0 Å². The Morgan fingerprint density at radius 1 is 1.40 bits per heavy atom. The van der Waals surface area contributed by atoms with Crippen molar-refractivity contribution >= 4 is 17.5 Å². The van der Waals surface area contributed by atoms with Crippen molar-refractivity contribution in [2.45, 2.75) is 12.5 Å². The molecule has 1 aromatic carbocycles. The Hall–Kier alpha value is -1.06. The quantitative estimate of drug-likeness (QED) is 0.785. The van der Waals surface area contributed by atoms with E-state index in [1.165, 1.54) is 6.92 Å². The number of hydrogen-bond donors (Lipinski definition) is 1. The summed E-state index contributed by atoms with van der Waals surface area (Å²) >= 11 is 5.76. The summed E-state index contributed by atoms with van der Waals surface area (Å²) in [6, 6.07) is 7.07. The highest BCUT2D eigenvalue weighted by molar-refractivity contribution is 6.30. The fourth-order valence-electron chi connectivity index (χ4n) is 1.75. The van der Waals surface area contributed by atoms with Crippen LogP contribution in [0.1, 0.15) is 12.5 Å². The number of β-amino-alcohol motifs (C(OH)–C–C–N with tert-alkyl or cyclic N) is 1. The number of halogens is 1. The van der Waals surface area contributed by atoms with Gasteiger partial charge in [-0.1, -0.05) is 23.7 Å². The molecule has 1 aliphatic rings. The van der Waals surface area contributed by atoms with Gasteiger partial charge in [0.15, 0.2) is 0 Å². The van der Waals surface area contributed by atoms with Crippen molar-refractivity contribution < 1.29 is 9.90 Å². The molecule has 0 unspecified atom stereocenters. The average molecular weight is 226 g/mol. The smallest absolute Gasteiger partial charge is 0.219 e. The molecule has 4 heteroatoms. The molecular formula is C11H12ClNO2. The number of amides is 1. The van der Waals surface area contributed by atoms with Crippen LogP contribution in [0.5, 0.6) is 0 Å². The van der Waals surface area contributed by atoms with Gasteiger partial charge in [-0.15, -0.1) is 0 Å². The molecule has 1 N–H and O–H groups in total. The van der Waals surface area contributed by atoms with Gasteiger partial charge in [-0.25, -0.2) is 0 Å². The van der Waals surface area contributed by atoms with Gasteiger partial charge < -0.3 is 10.0 Å². The van der Waals surface area contributed by atoms with E-state index >= 15 is 0 Å².